The molecule has 2 aliphatic carbocycles. The van der Waals surface area contributed by atoms with E-state index in [-0.39, 0.29) is 17.3 Å². The number of halogens is 2. The van der Waals surface area contributed by atoms with Crippen LogP contribution in [0.15, 0.2) is 53.7 Å². The van der Waals surface area contributed by atoms with Crippen LogP contribution < -0.4 is 5.32 Å². The zero-order valence-electron chi connectivity index (χ0n) is 17.7. The van der Waals surface area contributed by atoms with Crippen LogP contribution in [0.3, 0.4) is 0 Å². The topological polar surface area (TPSA) is 67.8 Å². The van der Waals surface area contributed by atoms with E-state index in [1.807, 2.05) is 0 Å². The maximum atomic E-state index is 13.4. The lowest BCUT2D eigenvalue weighted by Gasteiger charge is -2.39. The summed E-state index contributed by atoms with van der Waals surface area (Å²) in [7, 11) is 0. The summed E-state index contributed by atoms with van der Waals surface area (Å²) in [6, 6.07) is 12.3. The van der Waals surface area contributed by atoms with Crippen LogP contribution in [0.1, 0.15) is 50.4 Å². The fraction of sp³-hybridized carbons (Fsp3) is 0.375. The van der Waals surface area contributed by atoms with Crippen LogP contribution in [0, 0.1) is 22.1 Å². The number of nitrogens with zero attached hydrogens (tertiary/aromatic N) is 1. The summed E-state index contributed by atoms with van der Waals surface area (Å²) in [5, 5.41) is 7.44. The van der Waals surface area contributed by atoms with E-state index in [0.717, 1.165) is 6.42 Å². The van der Waals surface area contributed by atoms with Gasteiger partial charge in [-0.1, -0.05) is 49.7 Å². The predicted molar refractivity (Wildman–Crippen MR) is 118 cm³/mol. The quantitative estimate of drug-likeness (QED) is 0.477. The van der Waals surface area contributed by atoms with Gasteiger partial charge in [0, 0.05) is 17.5 Å². The third kappa shape index (κ3) is 3.24. The molecule has 1 N–H and O–H groups in total. The average molecular weight is 443 g/mol. The maximum Gasteiger partial charge on any atom is 0.367 e. The predicted octanol–water partition coefficient (Wildman–Crippen LogP) is 5.85. The van der Waals surface area contributed by atoms with Gasteiger partial charge in [-0.3, -0.25) is 4.79 Å². The minimum Gasteiger partial charge on any atom is -0.326 e. The molecular weight excluding hydrogens is 419 g/mol. The van der Waals surface area contributed by atoms with Gasteiger partial charge in [0.2, 0.25) is 5.91 Å². The van der Waals surface area contributed by atoms with Gasteiger partial charge in [-0.2, -0.15) is 0 Å². The van der Waals surface area contributed by atoms with Gasteiger partial charge < -0.3 is 10.2 Å². The van der Waals surface area contributed by atoms with Crippen molar-refractivity contribution < 1.29 is 18.8 Å². The number of rotatable bonds is 4. The summed E-state index contributed by atoms with van der Waals surface area (Å²) >= 11 is 6.07. The minimum absolute atomic E-state index is 0.129. The number of fused-ring (bicyclic) bond motifs is 2. The van der Waals surface area contributed by atoms with Crippen LogP contribution in [0.5, 0.6) is 0 Å². The zero-order chi connectivity index (χ0) is 22.4. The molecule has 2 aromatic rings. The molecule has 2 saturated carbocycles. The van der Waals surface area contributed by atoms with Crippen molar-refractivity contribution in [3.05, 3.63) is 64.9 Å². The van der Waals surface area contributed by atoms with Gasteiger partial charge >= 0.3 is 5.97 Å². The molecule has 0 heterocycles. The second-order valence-corrected chi connectivity index (χ2v) is 9.48. The van der Waals surface area contributed by atoms with Crippen molar-refractivity contribution in [2.45, 2.75) is 40.0 Å². The molecule has 162 valence electrons. The fourth-order valence-electron chi connectivity index (χ4n) is 5.08. The Kier molecular flexibility index (Phi) is 5.16. The monoisotopic (exact) mass is 442 g/mol. The molecule has 2 unspecified atom stereocenters. The largest absolute Gasteiger partial charge is 0.367 e. The smallest absolute Gasteiger partial charge is 0.326 e. The summed E-state index contributed by atoms with van der Waals surface area (Å²) in [5.41, 5.74) is -0.0386. The first-order chi connectivity index (χ1) is 14.6. The third-order valence-electron chi connectivity index (χ3n) is 7.60. The van der Waals surface area contributed by atoms with Crippen LogP contribution in [-0.2, 0) is 9.63 Å². The number of benzene rings is 2. The molecule has 5 nitrogen and oxygen atoms in total. The normalized spacial score (nSPS) is 27.3. The lowest BCUT2D eigenvalue weighted by atomic mass is 9.64. The van der Waals surface area contributed by atoms with Crippen molar-refractivity contribution in [3.8, 4) is 0 Å². The first-order valence-electron chi connectivity index (χ1n) is 10.2. The SMILES string of the molecule is CC12CCC(C(=O)Nc3ccc(F)cc3)(CC1=NOC(=O)c1ccccc1Cl)C2(C)C. The van der Waals surface area contributed by atoms with Crippen molar-refractivity contribution in [1.82, 2.24) is 0 Å². The van der Waals surface area contributed by atoms with Gasteiger partial charge in [-0.05, 0) is 54.7 Å². The highest BCUT2D eigenvalue weighted by atomic mass is 35.5. The lowest BCUT2D eigenvalue weighted by molar-refractivity contribution is -0.130. The highest BCUT2D eigenvalue weighted by Crippen LogP contribution is 2.71. The second-order valence-electron chi connectivity index (χ2n) is 9.07. The Bertz CT molecular complexity index is 1080. The number of carbonyl (C=O) groups is 2. The van der Waals surface area contributed by atoms with Gasteiger partial charge in [0.25, 0.3) is 0 Å². The highest BCUT2D eigenvalue weighted by Gasteiger charge is 2.71. The Morgan fingerprint density at radius 1 is 1.06 bits per heavy atom. The van der Waals surface area contributed by atoms with E-state index in [0.29, 0.717) is 29.3 Å². The zero-order valence-corrected chi connectivity index (χ0v) is 18.4. The Balaban J connectivity index is 1.59. The van der Waals surface area contributed by atoms with Crippen LogP contribution in [0.2, 0.25) is 5.02 Å². The molecule has 2 bridgehead atoms. The molecule has 31 heavy (non-hydrogen) atoms. The van der Waals surface area contributed by atoms with Gasteiger partial charge in [-0.15, -0.1) is 0 Å². The van der Waals surface area contributed by atoms with E-state index in [9.17, 15) is 14.0 Å². The van der Waals surface area contributed by atoms with Gasteiger partial charge in [0.1, 0.15) is 5.82 Å². The molecule has 7 heteroatoms. The number of anilines is 1. The van der Waals surface area contributed by atoms with E-state index in [2.05, 4.69) is 31.2 Å². The Morgan fingerprint density at radius 2 is 1.74 bits per heavy atom. The standard InChI is InChI=1S/C24H24ClFN2O3/c1-22(2)23(3)12-13-24(22,21(30)27-16-10-8-15(26)9-11-16)14-19(23)28-31-20(29)17-6-4-5-7-18(17)25/h4-11H,12-14H2,1-3H3,(H,27,30). The molecule has 0 saturated heterocycles. The number of hydrogen-bond acceptors (Lipinski definition) is 4. The number of hydrogen-bond donors (Lipinski definition) is 1. The van der Waals surface area contributed by atoms with Crippen LogP contribution in [-0.4, -0.2) is 17.6 Å². The molecule has 0 radical (unpaired) electrons. The molecule has 4 rings (SSSR count). The molecule has 2 aliphatic rings. The van der Waals surface area contributed by atoms with E-state index >= 15 is 0 Å². The van der Waals surface area contributed by atoms with Crippen molar-refractivity contribution in [1.29, 1.82) is 0 Å². The summed E-state index contributed by atoms with van der Waals surface area (Å²) in [6.07, 6.45) is 1.83. The Morgan fingerprint density at radius 3 is 2.42 bits per heavy atom. The van der Waals surface area contributed by atoms with Crippen molar-refractivity contribution >= 4 is 34.9 Å². The van der Waals surface area contributed by atoms with E-state index in [1.165, 1.54) is 12.1 Å². The summed E-state index contributed by atoms with van der Waals surface area (Å²) < 4.78 is 13.2. The van der Waals surface area contributed by atoms with Gasteiger partial charge in [0.15, 0.2) is 0 Å². The van der Waals surface area contributed by atoms with E-state index in [4.69, 9.17) is 16.4 Å². The lowest BCUT2D eigenvalue weighted by Crippen LogP contribution is -2.43. The molecule has 0 aromatic heterocycles. The average Bonchev–Trinajstić information content (AvgIpc) is 3.04. The van der Waals surface area contributed by atoms with Crippen molar-refractivity contribution in [3.63, 3.8) is 0 Å². The van der Waals surface area contributed by atoms with Crippen LogP contribution in [0.25, 0.3) is 0 Å². The Labute approximate surface area is 185 Å². The number of oxime groups is 1. The summed E-state index contributed by atoms with van der Waals surface area (Å²) in [5.74, 6) is -1.12. The third-order valence-corrected chi connectivity index (χ3v) is 7.93. The Hall–Kier alpha value is -2.73. The molecule has 0 spiro atoms. The van der Waals surface area contributed by atoms with E-state index in [1.54, 1.807) is 36.4 Å². The molecule has 0 aliphatic heterocycles. The molecular formula is C24H24ClFN2O3. The first kappa shape index (κ1) is 21.5. The molecule has 1 amide bonds. The van der Waals surface area contributed by atoms with Crippen LogP contribution in [0.4, 0.5) is 10.1 Å². The first-order valence-corrected chi connectivity index (χ1v) is 10.6. The van der Waals surface area contributed by atoms with Crippen molar-refractivity contribution in [2.24, 2.45) is 21.4 Å². The minimum atomic E-state index is -0.703. The summed E-state index contributed by atoms with van der Waals surface area (Å²) in [4.78, 5) is 31.1. The maximum absolute atomic E-state index is 13.4. The van der Waals surface area contributed by atoms with Gasteiger partial charge in [0.05, 0.1) is 21.7 Å². The summed E-state index contributed by atoms with van der Waals surface area (Å²) in [6.45, 7) is 6.18. The molecule has 2 fully saturated rings. The highest BCUT2D eigenvalue weighted by molar-refractivity contribution is 6.33. The van der Waals surface area contributed by atoms with Gasteiger partial charge in [-0.25, -0.2) is 9.18 Å². The molecule has 2 atom stereocenters. The number of amides is 1. The number of carbonyl (C=O) groups excluding carboxylic acids is 2. The fourth-order valence-corrected chi connectivity index (χ4v) is 5.29. The number of nitrogens with one attached hydrogen (secondary N) is 1. The molecule has 2 aromatic carbocycles. The van der Waals surface area contributed by atoms with Crippen molar-refractivity contribution in [2.75, 3.05) is 5.32 Å². The van der Waals surface area contributed by atoms with E-state index < -0.39 is 22.2 Å². The second kappa shape index (κ2) is 7.45. The van der Waals surface area contributed by atoms with Crippen LogP contribution >= 0.6 is 11.6 Å².